The Morgan fingerprint density at radius 2 is 1.88 bits per heavy atom. The van der Waals surface area contributed by atoms with Crippen molar-refractivity contribution in [2.45, 2.75) is 57.9 Å². The van der Waals surface area contributed by atoms with Gasteiger partial charge < -0.3 is 14.5 Å². The molecule has 1 atom stereocenters. The smallest absolute Gasteiger partial charge is 0.409 e. The number of ether oxygens (including phenoxy) is 1. The van der Waals surface area contributed by atoms with Crippen molar-refractivity contribution in [2.24, 2.45) is 11.3 Å². The number of carbonyl (C=O) groups is 2. The fraction of sp³-hybridized carbons (Fsp3) is 0.900. The molecule has 1 saturated carbocycles. The van der Waals surface area contributed by atoms with Crippen molar-refractivity contribution in [1.82, 2.24) is 14.7 Å². The van der Waals surface area contributed by atoms with E-state index in [1.807, 2.05) is 11.8 Å². The van der Waals surface area contributed by atoms with Crippen LogP contribution in [0.2, 0.25) is 0 Å². The van der Waals surface area contributed by atoms with Crippen LogP contribution in [0.4, 0.5) is 4.79 Å². The van der Waals surface area contributed by atoms with E-state index in [4.69, 9.17) is 4.74 Å². The molecule has 4 aliphatic rings. The van der Waals surface area contributed by atoms with Gasteiger partial charge in [-0.15, -0.1) is 0 Å². The van der Waals surface area contributed by atoms with Crippen molar-refractivity contribution in [2.75, 3.05) is 45.9 Å². The Bertz CT molecular complexity index is 542. The Morgan fingerprint density at radius 1 is 1.12 bits per heavy atom. The van der Waals surface area contributed by atoms with Crippen LogP contribution < -0.4 is 0 Å². The predicted molar refractivity (Wildman–Crippen MR) is 98.8 cm³/mol. The number of piperidine rings is 2. The van der Waals surface area contributed by atoms with Crippen molar-refractivity contribution in [3.63, 3.8) is 0 Å². The van der Waals surface area contributed by atoms with E-state index >= 15 is 0 Å². The maximum Gasteiger partial charge on any atom is 0.409 e. The summed E-state index contributed by atoms with van der Waals surface area (Å²) in [4.78, 5) is 31.6. The van der Waals surface area contributed by atoms with Crippen LogP contribution in [-0.4, -0.2) is 78.6 Å². The van der Waals surface area contributed by atoms with Gasteiger partial charge in [-0.25, -0.2) is 4.79 Å². The van der Waals surface area contributed by atoms with Crippen LogP contribution in [0.3, 0.4) is 0 Å². The van der Waals surface area contributed by atoms with Gasteiger partial charge in [-0.2, -0.15) is 0 Å². The van der Waals surface area contributed by atoms with Gasteiger partial charge in [0.15, 0.2) is 0 Å². The van der Waals surface area contributed by atoms with Gasteiger partial charge in [0.2, 0.25) is 5.91 Å². The summed E-state index contributed by atoms with van der Waals surface area (Å²) in [6, 6.07) is 0.506. The summed E-state index contributed by atoms with van der Waals surface area (Å²) in [6.45, 7) is 7.76. The van der Waals surface area contributed by atoms with E-state index in [1.165, 1.54) is 12.8 Å². The molecule has 0 radical (unpaired) electrons. The molecule has 0 aromatic carbocycles. The van der Waals surface area contributed by atoms with Crippen LogP contribution in [0.15, 0.2) is 0 Å². The number of carbonyl (C=O) groups excluding carboxylic acids is 2. The average Bonchev–Trinajstić information content (AvgIpc) is 3.37. The highest BCUT2D eigenvalue weighted by Crippen LogP contribution is 2.43. The molecule has 3 heterocycles. The minimum absolute atomic E-state index is 0.120. The van der Waals surface area contributed by atoms with E-state index in [-0.39, 0.29) is 11.5 Å². The van der Waals surface area contributed by atoms with Crippen LogP contribution in [0.5, 0.6) is 0 Å². The van der Waals surface area contributed by atoms with Gasteiger partial charge in [-0.1, -0.05) is 0 Å². The third-order valence-corrected chi connectivity index (χ3v) is 6.89. The first-order valence-corrected chi connectivity index (χ1v) is 10.6. The number of likely N-dealkylation sites (tertiary alicyclic amines) is 3. The third kappa shape index (κ3) is 3.57. The molecule has 1 aliphatic carbocycles. The van der Waals surface area contributed by atoms with Crippen LogP contribution in [0.25, 0.3) is 0 Å². The number of hydrogen-bond acceptors (Lipinski definition) is 4. The van der Waals surface area contributed by atoms with E-state index in [0.29, 0.717) is 18.6 Å². The van der Waals surface area contributed by atoms with Crippen molar-refractivity contribution >= 4 is 12.0 Å². The van der Waals surface area contributed by atoms with Crippen LogP contribution in [-0.2, 0) is 9.53 Å². The van der Waals surface area contributed by atoms with Crippen molar-refractivity contribution in [3.8, 4) is 0 Å². The standard InChI is InChI=1S/C20H33N3O3/c1-2-26-19(25)21-11-6-17(7-12-21)23-13-9-20(15-23)8-3-10-22(18(20)24)14-16-4-5-16/h16-17H,2-15H2,1H3. The second-order valence-electron chi connectivity index (χ2n) is 8.72. The van der Waals surface area contributed by atoms with Gasteiger partial charge in [0.05, 0.1) is 12.0 Å². The summed E-state index contributed by atoms with van der Waals surface area (Å²) >= 11 is 0. The fourth-order valence-corrected chi connectivity index (χ4v) is 5.16. The minimum atomic E-state index is -0.179. The molecule has 146 valence electrons. The van der Waals surface area contributed by atoms with Crippen LogP contribution in [0.1, 0.15) is 51.9 Å². The summed E-state index contributed by atoms with van der Waals surface area (Å²) in [5, 5.41) is 0. The summed E-state index contributed by atoms with van der Waals surface area (Å²) < 4.78 is 5.12. The topological polar surface area (TPSA) is 53.1 Å². The van der Waals surface area contributed by atoms with Gasteiger partial charge in [0, 0.05) is 38.8 Å². The highest BCUT2D eigenvalue weighted by Gasteiger charge is 2.50. The number of nitrogens with zero attached hydrogens (tertiary/aromatic N) is 3. The Morgan fingerprint density at radius 3 is 2.58 bits per heavy atom. The Kier molecular flexibility index (Phi) is 5.13. The van der Waals surface area contributed by atoms with E-state index in [0.717, 1.165) is 77.3 Å². The molecule has 2 amide bonds. The lowest BCUT2D eigenvalue weighted by atomic mass is 9.78. The van der Waals surface area contributed by atoms with E-state index in [9.17, 15) is 9.59 Å². The molecule has 26 heavy (non-hydrogen) atoms. The van der Waals surface area contributed by atoms with Crippen molar-refractivity contribution in [1.29, 1.82) is 0 Å². The normalized spacial score (nSPS) is 31.0. The molecule has 0 N–H and O–H groups in total. The zero-order valence-corrected chi connectivity index (χ0v) is 16.1. The molecule has 4 rings (SSSR count). The molecular formula is C20H33N3O3. The first-order chi connectivity index (χ1) is 12.6. The maximum absolute atomic E-state index is 13.2. The van der Waals surface area contributed by atoms with Crippen LogP contribution >= 0.6 is 0 Å². The first kappa shape index (κ1) is 18.1. The highest BCUT2D eigenvalue weighted by atomic mass is 16.6. The van der Waals surface area contributed by atoms with Gasteiger partial charge in [-0.3, -0.25) is 9.69 Å². The molecule has 3 saturated heterocycles. The molecule has 1 unspecified atom stereocenters. The summed E-state index contributed by atoms with van der Waals surface area (Å²) in [6.07, 6.45) is 7.67. The second kappa shape index (κ2) is 7.37. The zero-order valence-electron chi connectivity index (χ0n) is 16.1. The SMILES string of the molecule is CCOC(=O)N1CCC(N2CCC3(CCCN(CC4CC4)C3=O)C2)CC1. The minimum Gasteiger partial charge on any atom is -0.450 e. The summed E-state index contributed by atoms with van der Waals surface area (Å²) in [5.41, 5.74) is -0.120. The lowest BCUT2D eigenvalue weighted by molar-refractivity contribution is -0.146. The van der Waals surface area contributed by atoms with Gasteiger partial charge >= 0.3 is 6.09 Å². The van der Waals surface area contributed by atoms with Crippen molar-refractivity contribution in [3.05, 3.63) is 0 Å². The Balaban J connectivity index is 1.32. The summed E-state index contributed by atoms with van der Waals surface area (Å²) in [7, 11) is 0. The number of hydrogen-bond donors (Lipinski definition) is 0. The lowest BCUT2D eigenvalue weighted by Crippen LogP contribution is -2.52. The Labute approximate surface area is 156 Å². The predicted octanol–water partition coefficient (Wildman–Crippen LogP) is 2.33. The van der Waals surface area contributed by atoms with Gasteiger partial charge in [0.1, 0.15) is 0 Å². The highest BCUT2D eigenvalue weighted by molar-refractivity contribution is 5.84. The van der Waals surface area contributed by atoms with Gasteiger partial charge in [-0.05, 0) is 64.3 Å². The third-order valence-electron chi connectivity index (χ3n) is 6.89. The molecule has 0 aromatic heterocycles. The molecular weight excluding hydrogens is 330 g/mol. The number of rotatable bonds is 4. The monoisotopic (exact) mass is 363 g/mol. The molecule has 0 aromatic rings. The molecule has 4 fully saturated rings. The quantitative estimate of drug-likeness (QED) is 0.769. The maximum atomic E-state index is 13.2. The molecule has 3 aliphatic heterocycles. The van der Waals surface area contributed by atoms with E-state index in [2.05, 4.69) is 9.80 Å². The van der Waals surface area contributed by atoms with E-state index < -0.39 is 0 Å². The molecule has 6 heteroatoms. The fourth-order valence-electron chi connectivity index (χ4n) is 5.16. The van der Waals surface area contributed by atoms with E-state index in [1.54, 1.807) is 0 Å². The van der Waals surface area contributed by atoms with Crippen LogP contribution in [0, 0.1) is 11.3 Å². The largest absolute Gasteiger partial charge is 0.450 e. The second-order valence-corrected chi connectivity index (χ2v) is 8.72. The van der Waals surface area contributed by atoms with Gasteiger partial charge in [0.25, 0.3) is 0 Å². The molecule has 6 nitrogen and oxygen atoms in total. The average molecular weight is 364 g/mol. The number of amides is 2. The first-order valence-electron chi connectivity index (χ1n) is 10.6. The zero-order chi connectivity index (χ0) is 18.1. The summed E-state index contributed by atoms with van der Waals surface area (Å²) in [5.74, 6) is 1.21. The Hall–Kier alpha value is -1.30. The van der Waals surface area contributed by atoms with Crippen molar-refractivity contribution < 1.29 is 14.3 Å². The molecule has 0 bridgehead atoms. The molecule has 1 spiro atoms. The lowest BCUT2D eigenvalue weighted by Gasteiger charge is -2.41.